The third-order valence-corrected chi connectivity index (χ3v) is 16.8. The highest BCUT2D eigenvalue weighted by Crippen LogP contribution is 2.26. The predicted octanol–water partition coefficient (Wildman–Crippen LogP) is 2.03. The number of carbonyl (C=O) groups is 4. The van der Waals surface area contributed by atoms with Gasteiger partial charge < -0.3 is 47.6 Å². The number of hydrogen-bond donors (Lipinski definition) is 4. The highest BCUT2D eigenvalue weighted by Gasteiger charge is 2.39. The van der Waals surface area contributed by atoms with Gasteiger partial charge in [0.2, 0.25) is 0 Å². The summed E-state index contributed by atoms with van der Waals surface area (Å²) in [5, 5.41) is 36.7. The molecule has 0 spiro atoms. The van der Waals surface area contributed by atoms with Crippen LogP contribution < -0.4 is 0 Å². The molecule has 0 radical (unpaired) electrons. The molecule has 0 aromatic heterocycles. The van der Waals surface area contributed by atoms with Gasteiger partial charge in [-0.15, -0.1) is 0 Å². The van der Waals surface area contributed by atoms with Crippen molar-refractivity contribution in [3.05, 3.63) is 24.3 Å². The van der Waals surface area contributed by atoms with Gasteiger partial charge in [-0.05, 0) is 64.2 Å². The first-order valence-corrected chi connectivity index (χ1v) is 22.9. The fraction of sp³-hybridized carbons (Fsp3) is 0.692. The van der Waals surface area contributed by atoms with Gasteiger partial charge >= 0.3 is 32.4 Å². The molecule has 43 heavy (non-hydrogen) atoms. The van der Waals surface area contributed by atoms with Gasteiger partial charge in [-0.1, -0.05) is 0 Å². The van der Waals surface area contributed by atoms with Crippen LogP contribution in [0.25, 0.3) is 0 Å². The second-order valence-corrected chi connectivity index (χ2v) is 23.9. The monoisotopic (exact) mass is 668 g/mol. The minimum absolute atomic E-state index is 0.0236. The van der Waals surface area contributed by atoms with Crippen LogP contribution in [0.3, 0.4) is 0 Å². The molecule has 0 rings (SSSR count). The van der Waals surface area contributed by atoms with E-state index in [0.29, 0.717) is 25.4 Å². The van der Waals surface area contributed by atoms with Crippen LogP contribution in [0.15, 0.2) is 24.3 Å². The van der Waals surface area contributed by atoms with Crippen molar-refractivity contribution in [2.24, 2.45) is 0 Å². The molecular weight excluding hydrogens is 621 g/mol. The third-order valence-electron chi connectivity index (χ3n) is 5.36. The van der Waals surface area contributed by atoms with Crippen LogP contribution in [-0.4, -0.2) is 121 Å². The molecule has 2 unspecified atom stereocenters. The van der Waals surface area contributed by atoms with Crippen LogP contribution in [0.5, 0.6) is 0 Å². The minimum Gasteiger partial charge on any atom is -0.478 e. The van der Waals surface area contributed by atoms with E-state index in [9.17, 15) is 29.4 Å². The van der Waals surface area contributed by atoms with Crippen LogP contribution >= 0.6 is 0 Å². The summed E-state index contributed by atoms with van der Waals surface area (Å²) in [4.78, 5) is 43.4. The van der Waals surface area contributed by atoms with E-state index in [1.54, 1.807) is 0 Å². The quantitative estimate of drug-likeness (QED) is 0.0503. The lowest BCUT2D eigenvalue weighted by atomic mass is 10.4. The first-order chi connectivity index (χ1) is 19.8. The smallest absolute Gasteiger partial charge is 0.331 e. The van der Waals surface area contributed by atoms with E-state index in [-0.39, 0.29) is 26.4 Å². The van der Waals surface area contributed by atoms with E-state index in [2.05, 4.69) is 26.2 Å². The van der Waals surface area contributed by atoms with Gasteiger partial charge in [0.1, 0.15) is 25.4 Å². The Morgan fingerprint density at radius 2 is 0.953 bits per heavy atom. The Kier molecular flexibility index (Phi) is 19.6. The highest BCUT2D eigenvalue weighted by atomic mass is 28.5. The van der Waals surface area contributed by atoms with Crippen LogP contribution in [0, 0.1) is 0 Å². The number of aliphatic carboxylic acids is 2. The van der Waals surface area contributed by atoms with E-state index in [0.717, 1.165) is 37.1 Å². The summed E-state index contributed by atoms with van der Waals surface area (Å²) < 4.78 is 33.6. The highest BCUT2D eigenvalue weighted by molar-refractivity contribution is 6.87. The lowest BCUT2D eigenvalue weighted by molar-refractivity contribution is -0.143. The maximum Gasteiger partial charge on any atom is 0.331 e. The summed E-state index contributed by atoms with van der Waals surface area (Å²) in [5.74, 6) is -4.26. The molecule has 0 bridgehead atoms. The van der Waals surface area contributed by atoms with Crippen molar-refractivity contribution in [1.82, 2.24) is 0 Å². The third kappa shape index (κ3) is 24.9. The number of aliphatic hydroxyl groups excluding tert-OH is 2. The van der Waals surface area contributed by atoms with Crippen molar-refractivity contribution in [3.8, 4) is 0 Å². The molecular formula is C26H48O14Si3. The Morgan fingerprint density at radius 1 is 0.605 bits per heavy atom. The summed E-state index contributed by atoms with van der Waals surface area (Å²) in [6.45, 7) is 12.7. The normalized spacial score (nSPS) is 14.1. The topological polar surface area (TPSA) is 205 Å². The number of carbonyl (C=O) groups excluding carboxylic acids is 2. The lowest BCUT2D eigenvalue weighted by Crippen LogP contribution is -2.52. The van der Waals surface area contributed by atoms with Crippen molar-refractivity contribution in [1.29, 1.82) is 0 Å². The van der Waals surface area contributed by atoms with E-state index in [1.807, 2.05) is 13.1 Å². The molecule has 0 aliphatic heterocycles. The summed E-state index contributed by atoms with van der Waals surface area (Å²) >= 11 is 0. The Labute approximate surface area is 256 Å². The zero-order chi connectivity index (χ0) is 33.1. The molecule has 0 heterocycles. The van der Waals surface area contributed by atoms with Crippen molar-refractivity contribution in [2.45, 2.75) is 76.4 Å². The van der Waals surface area contributed by atoms with E-state index in [1.165, 1.54) is 0 Å². The molecule has 0 aromatic carbocycles. The molecule has 0 aliphatic rings. The SMILES string of the molecule is C[Si](C)(CCCOCC(O)COC(=O)/C=C/C(=O)O)O[Si](C)(C)O[Si](C)(C)CCCOCC(O)COC(=O)/C=C/C(=O)O. The number of ether oxygens (including phenoxy) is 4. The predicted molar refractivity (Wildman–Crippen MR) is 163 cm³/mol. The van der Waals surface area contributed by atoms with Crippen LogP contribution in [0.1, 0.15) is 12.8 Å². The maximum absolute atomic E-state index is 11.3. The number of esters is 2. The molecule has 17 heteroatoms. The average Bonchev–Trinajstić information content (AvgIpc) is 2.86. The molecule has 0 saturated heterocycles. The van der Waals surface area contributed by atoms with Crippen molar-refractivity contribution >= 4 is 49.1 Å². The Hall–Kier alpha value is -2.23. The lowest BCUT2D eigenvalue weighted by Gasteiger charge is -2.38. The minimum atomic E-state index is -2.44. The van der Waals surface area contributed by atoms with Gasteiger partial charge in [0.25, 0.3) is 0 Å². The molecule has 4 N–H and O–H groups in total. The number of carboxylic acids is 2. The van der Waals surface area contributed by atoms with Crippen LogP contribution in [0.4, 0.5) is 0 Å². The molecule has 0 amide bonds. The van der Waals surface area contributed by atoms with E-state index < -0.39 is 61.3 Å². The summed E-state index contributed by atoms with van der Waals surface area (Å²) in [5.41, 5.74) is 0. The molecule has 0 aromatic rings. The molecule has 248 valence electrons. The average molecular weight is 669 g/mol. The fourth-order valence-corrected chi connectivity index (χ4v) is 17.9. The molecule has 14 nitrogen and oxygen atoms in total. The number of aliphatic hydroxyl groups is 2. The van der Waals surface area contributed by atoms with Gasteiger partial charge in [0, 0.05) is 37.5 Å². The summed E-state index contributed by atoms with van der Waals surface area (Å²) in [6.07, 6.45) is 2.24. The zero-order valence-corrected chi connectivity index (χ0v) is 28.9. The first kappa shape index (κ1) is 40.8. The van der Waals surface area contributed by atoms with Gasteiger partial charge in [0.15, 0.2) is 16.6 Å². The summed E-state index contributed by atoms with van der Waals surface area (Å²) in [7, 11) is -6.59. The standard InChI is InChI=1S/C26H48O14Si3/c1-41(2,15-7-13-35-17-21(27)19-37-25(33)11-9-23(29)30)39-43(5,6)40-42(3,4)16-8-14-36-18-22(28)20-38-26(34)12-10-24(31)32/h9-12,21-22,27-28H,7-8,13-20H2,1-6H3,(H,29,30)(H,31,32)/b11-9+,12-10+. The molecule has 0 fully saturated rings. The van der Waals surface area contributed by atoms with Gasteiger partial charge in [-0.2, -0.15) is 0 Å². The van der Waals surface area contributed by atoms with Crippen molar-refractivity contribution in [3.63, 3.8) is 0 Å². The van der Waals surface area contributed by atoms with Gasteiger partial charge in [0.05, 0.1) is 13.2 Å². The molecule has 2 atom stereocenters. The second kappa shape index (κ2) is 20.7. The first-order valence-electron chi connectivity index (χ1n) is 13.9. The van der Waals surface area contributed by atoms with Crippen LogP contribution in [-0.2, 0) is 46.4 Å². The van der Waals surface area contributed by atoms with Crippen LogP contribution in [0.2, 0.25) is 51.4 Å². The molecule has 0 saturated carbocycles. The van der Waals surface area contributed by atoms with E-state index >= 15 is 0 Å². The van der Waals surface area contributed by atoms with Crippen molar-refractivity contribution in [2.75, 3.05) is 39.6 Å². The van der Waals surface area contributed by atoms with Gasteiger partial charge in [-0.25, -0.2) is 19.2 Å². The van der Waals surface area contributed by atoms with Crippen molar-refractivity contribution < 1.29 is 66.8 Å². The number of carboxylic acid groups (broad SMARTS) is 2. The summed E-state index contributed by atoms with van der Waals surface area (Å²) in [6, 6.07) is 1.64. The fourth-order valence-electron chi connectivity index (χ4n) is 3.92. The van der Waals surface area contributed by atoms with Gasteiger partial charge in [-0.3, -0.25) is 0 Å². The Morgan fingerprint density at radius 3 is 1.28 bits per heavy atom. The zero-order valence-electron chi connectivity index (χ0n) is 25.9. The van der Waals surface area contributed by atoms with E-state index in [4.69, 9.17) is 37.4 Å². The Bertz CT molecular complexity index is 864. The Balaban J connectivity index is 4.25. The molecule has 0 aliphatic carbocycles. The largest absolute Gasteiger partial charge is 0.478 e. The number of hydrogen-bond acceptors (Lipinski definition) is 12. The second-order valence-electron chi connectivity index (χ2n) is 11.4. The number of rotatable bonds is 24. The maximum atomic E-state index is 11.3.